The summed E-state index contributed by atoms with van der Waals surface area (Å²) in [4.78, 5) is 0. The van der Waals surface area contributed by atoms with Gasteiger partial charge >= 0.3 is 0 Å². The molecule has 0 saturated heterocycles. The molecule has 0 aliphatic heterocycles. The van der Waals surface area contributed by atoms with E-state index in [9.17, 15) is 0 Å². The van der Waals surface area contributed by atoms with E-state index in [2.05, 4.69) is 24.6 Å². The Morgan fingerprint density at radius 2 is 2.14 bits per heavy atom. The molecule has 1 nitrogen and oxygen atoms in total. The molecule has 78 valence electrons. The predicted molar refractivity (Wildman–Crippen MR) is 66.3 cm³/mol. The van der Waals surface area contributed by atoms with Gasteiger partial charge in [0.1, 0.15) is 0 Å². The summed E-state index contributed by atoms with van der Waals surface area (Å²) in [5.74, 6) is 1.13. The van der Waals surface area contributed by atoms with Crippen LogP contribution in [0.4, 0.5) is 0 Å². The molecule has 0 aliphatic rings. The van der Waals surface area contributed by atoms with Crippen LogP contribution in [0.2, 0.25) is 5.02 Å². The molecule has 0 unspecified atom stereocenters. The molecule has 0 heterocycles. The maximum absolute atomic E-state index is 6.09. The van der Waals surface area contributed by atoms with Crippen LogP contribution in [0.1, 0.15) is 18.5 Å². The van der Waals surface area contributed by atoms with Crippen LogP contribution in [0.3, 0.4) is 0 Å². The minimum absolute atomic E-state index is 0.329. The number of thioether (sulfide) groups is 1. The van der Waals surface area contributed by atoms with E-state index >= 15 is 0 Å². The Kier molecular flexibility index (Phi) is 5.38. The fraction of sp³-hybridized carbons (Fsp3) is 0.455. The third-order valence-corrected chi connectivity index (χ3v) is 3.09. The number of nitrogens with one attached hydrogen (secondary N) is 1. The van der Waals surface area contributed by atoms with E-state index in [1.807, 2.05) is 30.0 Å². The van der Waals surface area contributed by atoms with E-state index in [-0.39, 0.29) is 0 Å². The van der Waals surface area contributed by atoms with Gasteiger partial charge in [0.15, 0.2) is 0 Å². The van der Waals surface area contributed by atoms with Gasteiger partial charge in [0, 0.05) is 23.4 Å². The second-order valence-corrected chi connectivity index (χ2v) is 4.58. The molecule has 0 bridgehead atoms. The van der Waals surface area contributed by atoms with E-state index < -0.39 is 0 Å². The van der Waals surface area contributed by atoms with Crippen LogP contribution in [0.5, 0.6) is 0 Å². The summed E-state index contributed by atoms with van der Waals surface area (Å²) in [5.41, 5.74) is 1.18. The van der Waals surface area contributed by atoms with Crippen molar-refractivity contribution >= 4 is 23.4 Å². The molecule has 0 saturated carbocycles. The summed E-state index contributed by atoms with van der Waals surface area (Å²) in [6.45, 7) is 3.16. The van der Waals surface area contributed by atoms with Crippen molar-refractivity contribution in [3.63, 3.8) is 0 Å². The Labute approximate surface area is 95.2 Å². The number of rotatable bonds is 5. The standard InChI is InChI=1S/C11H16ClNS/c1-9(13-7-8-14-2)10-5-3-4-6-11(10)12/h3-6,9,13H,7-8H2,1-2H3/t9-/m1/s1. The van der Waals surface area contributed by atoms with Gasteiger partial charge in [-0.1, -0.05) is 29.8 Å². The first kappa shape index (κ1) is 11.9. The van der Waals surface area contributed by atoms with Crippen LogP contribution in [-0.2, 0) is 0 Å². The molecular formula is C11H16ClNS. The zero-order chi connectivity index (χ0) is 10.4. The molecule has 0 spiro atoms. The van der Waals surface area contributed by atoms with Gasteiger partial charge in [-0.2, -0.15) is 11.8 Å². The van der Waals surface area contributed by atoms with Crippen LogP contribution >= 0.6 is 23.4 Å². The second-order valence-electron chi connectivity index (χ2n) is 3.19. The highest BCUT2D eigenvalue weighted by Gasteiger charge is 2.06. The van der Waals surface area contributed by atoms with Crippen molar-refractivity contribution in [1.82, 2.24) is 5.32 Å². The summed E-state index contributed by atoms with van der Waals surface area (Å²) in [7, 11) is 0. The Morgan fingerprint density at radius 3 is 2.79 bits per heavy atom. The quantitative estimate of drug-likeness (QED) is 0.778. The predicted octanol–water partition coefficient (Wildman–Crippen LogP) is 3.35. The molecule has 1 rings (SSSR count). The first-order valence-electron chi connectivity index (χ1n) is 4.72. The lowest BCUT2D eigenvalue weighted by Gasteiger charge is -2.14. The average Bonchev–Trinajstić information content (AvgIpc) is 2.18. The lowest BCUT2D eigenvalue weighted by Crippen LogP contribution is -2.21. The largest absolute Gasteiger partial charge is 0.309 e. The van der Waals surface area contributed by atoms with Crippen LogP contribution in [0, 0.1) is 0 Å². The molecule has 0 radical (unpaired) electrons. The highest BCUT2D eigenvalue weighted by atomic mass is 35.5. The fourth-order valence-electron chi connectivity index (χ4n) is 1.31. The number of hydrogen-bond donors (Lipinski definition) is 1. The van der Waals surface area contributed by atoms with Crippen LogP contribution in [-0.4, -0.2) is 18.6 Å². The zero-order valence-electron chi connectivity index (χ0n) is 8.59. The van der Waals surface area contributed by atoms with Gasteiger partial charge in [-0.25, -0.2) is 0 Å². The third kappa shape index (κ3) is 3.52. The summed E-state index contributed by atoms with van der Waals surface area (Å²) in [6, 6.07) is 8.31. The Balaban J connectivity index is 2.51. The van der Waals surface area contributed by atoms with Crippen molar-refractivity contribution in [2.45, 2.75) is 13.0 Å². The normalized spacial score (nSPS) is 12.8. The molecule has 0 aromatic heterocycles. The molecule has 0 aliphatic carbocycles. The van der Waals surface area contributed by atoms with Gasteiger partial charge in [0.25, 0.3) is 0 Å². The Hall–Kier alpha value is -0.180. The topological polar surface area (TPSA) is 12.0 Å². The van der Waals surface area contributed by atoms with Gasteiger partial charge in [0.2, 0.25) is 0 Å². The summed E-state index contributed by atoms with van der Waals surface area (Å²) >= 11 is 7.93. The van der Waals surface area contributed by atoms with Crippen molar-refractivity contribution < 1.29 is 0 Å². The van der Waals surface area contributed by atoms with Gasteiger partial charge in [-0.3, -0.25) is 0 Å². The van der Waals surface area contributed by atoms with Gasteiger partial charge < -0.3 is 5.32 Å². The molecule has 3 heteroatoms. The minimum atomic E-state index is 0.329. The van der Waals surface area contributed by atoms with Crippen molar-refractivity contribution in [2.75, 3.05) is 18.6 Å². The number of halogens is 1. The first-order chi connectivity index (χ1) is 6.75. The smallest absolute Gasteiger partial charge is 0.0453 e. The molecule has 1 atom stereocenters. The Bertz CT molecular complexity index is 278. The Morgan fingerprint density at radius 1 is 1.43 bits per heavy atom. The lowest BCUT2D eigenvalue weighted by atomic mass is 10.1. The van der Waals surface area contributed by atoms with Crippen LogP contribution < -0.4 is 5.32 Å². The van der Waals surface area contributed by atoms with E-state index in [0.717, 1.165) is 17.3 Å². The third-order valence-electron chi connectivity index (χ3n) is 2.13. The summed E-state index contributed by atoms with van der Waals surface area (Å²) in [6.07, 6.45) is 2.11. The van der Waals surface area contributed by atoms with E-state index in [1.54, 1.807) is 0 Å². The molecule has 14 heavy (non-hydrogen) atoms. The molecule has 0 amide bonds. The number of hydrogen-bond acceptors (Lipinski definition) is 2. The van der Waals surface area contributed by atoms with Crippen molar-refractivity contribution in [2.24, 2.45) is 0 Å². The van der Waals surface area contributed by atoms with E-state index in [0.29, 0.717) is 6.04 Å². The SMILES string of the molecule is CSCCN[C@H](C)c1ccccc1Cl. The van der Waals surface area contributed by atoms with Crippen molar-refractivity contribution in [3.8, 4) is 0 Å². The van der Waals surface area contributed by atoms with Gasteiger partial charge in [0.05, 0.1) is 0 Å². The molecule has 1 aromatic carbocycles. The maximum Gasteiger partial charge on any atom is 0.0453 e. The van der Waals surface area contributed by atoms with Gasteiger partial charge in [-0.05, 0) is 24.8 Å². The van der Waals surface area contributed by atoms with Crippen LogP contribution in [0.25, 0.3) is 0 Å². The maximum atomic E-state index is 6.09. The first-order valence-corrected chi connectivity index (χ1v) is 6.49. The highest BCUT2D eigenvalue weighted by Crippen LogP contribution is 2.21. The minimum Gasteiger partial charge on any atom is -0.309 e. The van der Waals surface area contributed by atoms with Crippen LogP contribution in [0.15, 0.2) is 24.3 Å². The highest BCUT2D eigenvalue weighted by molar-refractivity contribution is 7.98. The van der Waals surface area contributed by atoms with Gasteiger partial charge in [-0.15, -0.1) is 0 Å². The monoisotopic (exact) mass is 229 g/mol. The van der Waals surface area contributed by atoms with E-state index in [1.165, 1.54) is 5.56 Å². The molecule has 1 N–H and O–H groups in total. The fourth-order valence-corrected chi connectivity index (χ4v) is 1.94. The van der Waals surface area contributed by atoms with Crippen molar-refractivity contribution in [1.29, 1.82) is 0 Å². The lowest BCUT2D eigenvalue weighted by molar-refractivity contribution is 0.601. The molecule has 1 aromatic rings. The number of benzene rings is 1. The summed E-state index contributed by atoms with van der Waals surface area (Å²) in [5, 5.41) is 4.28. The van der Waals surface area contributed by atoms with Crippen molar-refractivity contribution in [3.05, 3.63) is 34.9 Å². The summed E-state index contributed by atoms with van der Waals surface area (Å²) < 4.78 is 0. The second kappa shape index (κ2) is 6.33. The zero-order valence-corrected chi connectivity index (χ0v) is 10.2. The van der Waals surface area contributed by atoms with E-state index in [4.69, 9.17) is 11.6 Å². The average molecular weight is 230 g/mol. The molecular weight excluding hydrogens is 214 g/mol. The molecule has 0 fully saturated rings.